The first kappa shape index (κ1) is 20.6. The Hall–Kier alpha value is -2.67. The molecule has 0 spiro atoms. The van der Waals surface area contributed by atoms with Gasteiger partial charge in [-0.1, -0.05) is 49.2 Å². The number of nitrogens with one attached hydrogen (secondary N) is 1. The Labute approximate surface area is 181 Å². The minimum atomic E-state index is -0.0435. The fraction of sp³-hybridized carbons (Fsp3) is 0.391. The molecule has 156 valence electrons. The largest absolute Gasteiger partial charge is 0.325 e. The molecule has 0 aliphatic heterocycles. The van der Waals surface area contributed by atoms with E-state index in [4.69, 9.17) is 0 Å². The highest BCUT2D eigenvalue weighted by Gasteiger charge is 2.29. The van der Waals surface area contributed by atoms with Gasteiger partial charge in [0.25, 0.3) is 0 Å². The fourth-order valence-corrected chi connectivity index (χ4v) is 4.80. The van der Waals surface area contributed by atoms with Gasteiger partial charge < -0.3 is 5.32 Å². The average Bonchev–Trinajstić information content (AvgIpc) is 3.18. The number of aromatic nitrogens is 4. The number of nitrogens with zero attached hydrogens (tertiary/aromatic N) is 4. The Morgan fingerprint density at radius 3 is 2.70 bits per heavy atom. The summed E-state index contributed by atoms with van der Waals surface area (Å²) in [6, 6.07) is 12.1. The molecule has 1 aliphatic rings. The molecule has 30 heavy (non-hydrogen) atoms. The van der Waals surface area contributed by atoms with E-state index in [-0.39, 0.29) is 5.91 Å². The molecule has 1 N–H and O–H groups in total. The summed E-state index contributed by atoms with van der Waals surface area (Å²) in [6.07, 6.45) is 8.37. The van der Waals surface area contributed by atoms with Crippen molar-refractivity contribution < 1.29 is 4.79 Å². The van der Waals surface area contributed by atoms with Crippen molar-refractivity contribution in [3.8, 4) is 11.4 Å². The van der Waals surface area contributed by atoms with Crippen LogP contribution in [0.1, 0.15) is 44.2 Å². The first-order valence-corrected chi connectivity index (χ1v) is 11.4. The number of benzene rings is 1. The Bertz CT molecular complexity index is 987. The summed E-state index contributed by atoms with van der Waals surface area (Å²) in [6.45, 7) is 4.33. The van der Waals surface area contributed by atoms with E-state index >= 15 is 0 Å². The minimum absolute atomic E-state index is 0.0435. The van der Waals surface area contributed by atoms with Gasteiger partial charge in [-0.15, -0.1) is 10.2 Å². The molecule has 0 radical (unpaired) electrons. The highest BCUT2D eigenvalue weighted by molar-refractivity contribution is 7.99. The maximum atomic E-state index is 12.5. The van der Waals surface area contributed by atoms with Crippen LogP contribution >= 0.6 is 11.8 Å². The summed E-state index contributed by atoms with van der Waals surface area (Å²) < 4.78 is 2.24. The molecule has 1 aromatic carbocycles. The van der Waals surface area contributed by atoms with Gasteiger partial charge in [0, 0.05) is 29.7 Å². The number of pyridine rings is 1. The number of carbonyl (C=O) groups is 1. The average molecular weight is 422 g/mol. The van der Waals surface area contributed by atoms with Crippen molar-refractivity contribution in [3.05, 3.63) is 54.4 Å². The topological polar surface area (TPSA) is 72.7 Å². The third-order valence-corrected chi connectivity index (χ3v) is 6.59. The minimum Gasteiger partial charge on any atom is -0.325 e. The number of hydrogen-bond donors (Lipinski definition) is 1. The van der Waals surface area contributed by atoms with Crippen LogP contribution in [-0.2, 0) is 4.79 Å². The zero-order valence-electron chi connectivity index (χ0n) is 17.4. The molecule has 1 fully saturated rings. The third-order valence-electron chi connectivity index (χ3n) is 5.65. The van der Waals surface area contributed by atoms with Crippen LogP contribution in [0, 0.1) is 12.8 Å². The molecule has 4 rings (SSSR count). The number of hydrogen-bond acceptors (Lipinski definition) is 5. The van der Waals surface area contributed by atoms with Crippen LogP contribution in [-0.4, -0.2) is 31.4 Å². The molecule has 0 unspecified atom stereocenters. The SMILES string of the molecule is Cc1ccc(NC(=O)CSc2nnc(-c3cccnc3)n2[C@H]2CCCC[C@H]2C)cc1. The highest BCUT2D eigenvalue weighted by atomic mass is 32.2. The van der Waals surface area contributed by atoms with Crippen LogP contribution < -0.4 is 5.32 Å². The van der Waals surface area contributed by atoms with E-state index in [9.17, 15) is 4.79 Å². The quantitative estimate of drug-likeness (QED) is 0.559. The Morgan fingerprint density at radius 2 is 1.97 bits per heavy atom. The van der Waals surface area contributed by atoms with E-state index in [0.717, 1.165) is 28.7 Å². The molecule has 3 aromatic rings. The van der Waals surface area contributed by atoms with Gasteiger partial charge in [0.05, 0.1) is 5.75 Å². The van der Waals surface area contributed by atoms with Crippen LogP contribution in [0.3, 0.4) is 0 Å². The summed E-state index contributed by atoms with van der Waals surface area (Å²) >= 11 is 1.45. The smallest absolute Gasteiger partial charge is 0.234 e. The van der Waals surface area contributed by atoms with E-state index in [0.29, 0.717) is 17.7 Å². The lowest BCUT2D eigenvalue weighted by atomic mass is 9.85. The van der Waals surface area contributed by atoms with Crippen molar-refractivity contribution in [2.24, 2.45) is 5.92 Å². The van der Waals surface area contributed by atoms with Crippen molar-refractivity contribution in [2.45, 2.75) is 50.7 Å². The van der Waals surface area contributed by atoms with E-state index in [1.54, 1.807) is 6.20 Å². The van der Waals surface area contributed by atoms with Gasteiger partial charge in [0.2, 0.25) is 5.91 Å². The molecule has 0 saturated heterocycles. The van der Waals surface area contributed by atoms with Crippen LogP contribution in [0.5, 0.6) is 0 Å². The van der Waals surface area contributed by atoms with E-state index in [1.807, 2.05) is 49.5 Å². The molecule has 0 bridgehead atoms. The van der Waals surface area contributed by atoms with E-state index in [1.165, 1.54) is 36.6 Å². The van der Waals surface area contributed by atoms with Crippen molar-refractivity contribution >= 4 is 23.4 Å². The highest BCUT2D eigenvalue weighted by Crippen LogP contribution is 2.38. The summed E-state index contributed by atoms with van der Waals surface area (Å²) in [5.41, 5.74) is 2.93. The monoisotopic (exact) mass is 421 g/mol. The van der Waals surface area contributed by atoms with E-state index in [2.05, 4.69) is 32.0 Å². The predicted molar refractivity (Wildman–Crippen MR) is 120 cm³/mol. The predicted octanol–water partition coefficient (Wildman–Crippen LogP) is 5.13. The number of carbonyl (C=O) groups excluding carboxylic acids is 1. The lowest BCUT2D eigenvalue weighted by molar-refractivity contribution is -0.113. The van der Waals surface area contributed by atoms with E-state index < -0.39 is 0 Å². The standard InChI is InChI=1S/C23H27N5OS/c1-16-9-11-19(12-10-16)25-21(29)15-30-23-27-26-22(18-7-5-13-24-14-18)28(23)20-8-4-3-6-17(20)2/h5,7,9-14,17,20H,3-4,6,8,15H2,1-2H3,(H,25,29)/t17-,20+/m1/s1. The first-order chi connectivity index (χ1) is 14.6. The van der Waals surface area contributed by atoms with Crippen molar-refractivity contribution in [3.63, 3.8) is 0 Å². The van der Waals surface area contributed by atoms with Crippen LogP contribution in [0.25, 0.3) is 11.4 Å². The molecule has 1 saturated carbocycles. The van der Waals surface area contributed by atoms with Gasteiger partial charge in [-0.05, 0) is 49.9 Å². The van der Waals surface area contributed by atoms with Crippen molar-refractivity contribution in [2.75, 3.05) is 11.1 Å². The lowest BCUT2D eigenvalue weighted by Crippen LogP contribution is -2.23. The molecule has 7 heteroatoms. The lowest BCUT2D eigenvalue weighted by Gasteiger charge is -2.31. The van der Waals surface area contributed by atoms with Gasteiger partial charge in [-0.25, -0.2) is 0 Å². The molecule has 2 aromatic heterocycles. The van der Waals surface area contributed by atoms with Crippen LogP contribution in [0.4, 0.5) is 5.69 Å². The van der Waals surface area contributed by atoms with Crippen LogP contribution in [0.15, 0.2) is 53.9 Å². The number of rotatable bonds is 6. The second-order valence-corrected chi connectivity index (χ2v) is 8.89. The zero-order chi connectivity index (χ0) is 20.9. The van der Waals surface area contributed by atoms with Crippen molar-refractivity contribution in [1.82, 2.24) is 19.7 Å². The molecule has 2 heterocycles. The van der Waals surface area contributed by atoms with Crippen molar-refractivity contribution in [1.29, 1.82) is 0 Å². The van der Waals surface area contributed by atoms with Gasteiger partial charge >= 0.3 is 0 Å². The Morgan fingerprint density at radius 1 is 1.17 bits per heavy atom. The maximum absolute atomic E-state index is 12.5. The number of thioether (sulfide) groups is 1. The van der Waals surface area contributed by atoms with Gasteiger partial charge in [-0.2, -0.15) is 0 Å². The third kappa shape index (κ3) is 4.73. The fourth-order valence-electron chi connectivity index (χ4n) is 4.01. The summed E-state index contributed by atoms with van der Waals surface area (Å²) in [5, 5.41) is 12.7. The van der Waals surface area contributed by atoms with Gasteiger partial charge in [0.1, 0.15) is 0 Å². The number of amides is 1. The van der Waals surface area contributed by atoms with Crippen LogP contribution in [0.2, 0.25) is 0 Å². The normalized spacial score (nSPS) is 18.9. The zero-order valence-corrected chi connectivity index (χ0v) is 18.2. The van der Waals surface area contributed by atoms with Gasteiger partial charge in [-0.3, -0.25) is 14.3 Å². The maximum Gasteiger partial charge on any atom is 0.234 e. The summed E-state index contributed by atoms with van der Waals surface area (Å²) in [7, 11) is 0. The van der Waals surface area contributed by atoms with Gasteiger partial charge in [0.15, 0.2) is 11.0 Å². The Kier molecular flexibility index (Phi) is 6.47. The first-order valence-electron chi connectivity index (χ1n) is 10.5. The molecular weight excluding hydrogens is 394 g/mol. The summed E-state index contributed by atoms with van der Waals surface area (Å²) in [5.74, 6) is 1.63. The molecule has 1 aliphatic carbocycles. The summed E-state index contributed by atoms with van der Waals surface area (Å²) in [4.78, 5) is 16.8. The second kappa shape index (κ2) is 9.43. The second-order valence-electron chi connectivity index (χ2n) is 7.95. The Balaban J connectivity index is 1.54. The number of aryl methyl sites for hydroxylation is 1. The molecule has 2 atom stereocenters. The number of anilines is 1. The molecule has 1 amide bonds. The molecule has 6 nitrogen and oxygen atoms in total. The molecular formula is C23H27N5OS.